The zero-order valence-electron chi connectivity index (χ0n) is 22.5. The van der Waals surface area contributed by atoms with Gasteiger partial charge in [0.2, 0.25) is 5.78 Å². The van der Waals surface area contributed by atoms with E-state index in [2.05, 4.69) is 46.8 Å². The summed E-state index contributed by atoms with van der Waals surface area (Å²) < 4.78 is 24.7. The number of ketones is 1. The van der Waals surface area contributed by atoms with Crippen molar-refractivity contribution in [3.8, 4) is 0 Å². The van der Waals surface area contributed by atoms with Crippen molar-refractivity contribution in [2.24, 2.45) is 33.0 Å². The Morgan fingerprint density at radius 2 is 1.63 bits per heavy atom. The van der Waals surface area contributed by atoms with Crippen LogP contribution in [0.25, 0.3) is 0 Å². The average Bonchev–Trinajstić information content (AvgIpc) is 2.75. The molecule has 6 atom stereocenters. The minimum atomic E-state index is -3.04. The Morgan fingerprint density at radius 3 is 2.29 bits per heavy atom. The summed E-state index contributed by atoms with van der Waals surface area (Å²) in [7, 11) is -3.04. The van der Waals surface area contributed by atoms with Gasteiger partial charge in [0.15, 0.2) is 5.76 Å². The molecule has 3 saturated carbocycles. The second-order valence-electron chi connectivity index (χ2n) is 13.9. The first-order valence-corrected chi connectivity index (χ1v) is 15.3. The number of sulfone groups is 1. The molecule has 0 heterocycles. The number of aliphatic hydroxyl groups excluding tert-OH is 1. The maximum Gasteiger partial charge on any atom is 0.220 e. The van der Waals surface area contributed by atoms with Crippen LogP contribution in [-0.2, 0) is 14.6 Å². The molecule has 5 rings (SSSR count). The number of hydrogen-bond acceptors (Lipinski definition) is 4. The number of fused-ring (bicyclic) bond motifs is 7. The molecule has 0 saturated heterocycles. The summed E-state index contributed by atoms with van der Waals surface area (Å²) in [5.41, 5.74) is 4.03. The molecule has 0 aromatic carbocycles. The van der Waals surface area contributed by atoms with Crippen LogP contribution in [0, 0.1) is 33.0 Å². The van der Waals surface area contributed by atoms with E-state index in [0.29, 0.717) is 11.5 Å². The maximum atomic E-state index is 12.6. The fraction of sp³-hybridized carbons (Fsp3) is 0.700. The van der Waals surface area contributed by atoms with Crippen LogP contribution < -0.4 is 0 Å². The molecule has 0 radical (unpaired) electrons. The molecule has 5 heteroatoms. The standard InChI is InChI=1S/C30H42O4S/c1-19-20-8-9-23-28(4,21(20)16-22(31)25(19)32)13-15-30(6)24-17-26(2,18-35(7,33)34)10-11-27(24,3)12-14-29(23,30)5/h8-9,16,24,32H,10-15,17-18H2,1-7H3/t24-,26-,27-,28+,29-,30+/m1/s1. The van der Waals surface area contributed by atoms with Crippen LogP contribution in [0.5, 0.6) is 0 Å². The maximum absolute atomic E-state index is 12.6. The molecule has 5 aliphatic carbocycles. The molecule has 0 aromatic heterocycles. The van der Waals surface area contributed by atoms with Gasteiger partial charge in [-0.25, -0.2) is 8.42 Å². The molecule has 0 bridgehead atoms. The molecule has 0 aliphatic heterocycles. The van der Waals surface area contributed by atoms with E-state index in [0.717, 1.165) is 56.1 Å². The van der Waals surface area contributed by atoms with E-state index >= 15 is 0 Å². The molecule has 4 nitrogen and oxygen atoms in total. The summed E-state index contributed by atoms with van der Waals surface area (Å²) >= 11 is 0. The number of carbonyl (C=O) groups excluding carboxylic acids is 1. The topological polar surface area (TPSA) is 71.4 Å². The van der Waals surface area contributed by atoms with Crippen LogP contribution >= 0.6 is 0 Å². The number of rotatable bonds is 2. The van der Waals surface area contributed by atoms with E-state index in [9.17, 15) is 18.3 Å². The predicted octanol–water partition coefficient (Wildman–Crippen LogP) is 6.66. The largest absolute Gasteiger partial charge is 0.504 e. The summed E-state index contributed by atoms with van der Waals surface area (Å²) in [5.74, 6) is 0.317. The lowest BCUT2D eigenvalue weighted by atomic mass is 9.34. The van der Waals surface area contributed by atoms with Gasteiger partial charge in [-0.3, -0.25) is 4.79 Å². The second kappa shape index (κ2) is 7.24. The summed E-state index contributed by atoms with van der Waals surface area (Å²) in [6, 6.07) is 0. The van der Waals surface area contributed by atoms with Gasteiger partial charge in [0, 0.05) is 17.2 Å². The van der Waals surface area contributed by atoms with Gasteiger partial charge >= 0.3 is 0 Å². The van der Waals surface area contributed by atoms with E-state index in [1.807, 2.05) is 6.92 Å². The van der Waals surface area contributed by atoms with E-state index in [1.54, 1.807) is 6.08 Å². The Labute approximate surface area is 211 Å². The summed E-state index contributed by atoms with van der Waals surface area (Å²) in [4.78, 5) is 12.6. The van der Waals surface area contributed by atoms with E-state index < -0.39 is 9.84 Å². The van der Waals surface area contributed by atoms with Crippen LogP contribution in [-0.4, -0.2) is 31.3 Å². The summed E-state index contributed by atoms with van der Waals surface area (Å²) in [6.45, 7) is 13.7. The number of hydrogen-bond donors (Lipinski definition) is 1. The zero-order valence-corrected chi connectivity index (χ0v) is 23.4. The van der Waals surface area contributed by atoms with Crippen LogP contribution in [0.4, 0.5) is 0 Å². The van der Waals surface area contributed by atoms with Gasteiger partial charge < -0.3 is 5.11 Å². The Bertz CT molecular complexity index is 1250. The van der Waals surface area contributed by atoms with Crippen LogP contribution in [0.2, 0.25) is 0 Å². The average molecular weight is 499 g/mol. The number of aliphatic hydroxyl groups is 1. The van der Waals surface area contributed by atoms with Crippen LogP contribution in [0.3, 0.4) is 0 Å². The van der Waals surface area contributed by atoms with E-state index in [1.165, 1.54) is 11.8 Å². The highest BCUT2D eigenvalue weighted by atomic mass is 32.2. The number of carbonyl (C=O) groups is 1. The third-order valence-electron chi connectivity index (χ3n) is 11.6. The first-order chi connectivity index (χ1) is 16.0. The molecule has 0 aromatic rings. The molecule has 192 valence electrons. The van der Waals surface area contributed by atoms with Crippen molar-refractivity contribution in [2.75, 3.05) is 12.0 Å². The van der Waals surface area contributed by atoms with Gasteiger partial charge in [-0.1, -0.05) is 52.3 Å². The minimum Gasteiger partial charge on any atom is -0.504 e. The van der Waals surface area contributed by atoms with Crippen molar-refractivity contribution in [2.45, 2.75) is 86.5 Å². The van der Waals surface area contributed by atoms with Gasteiger partial charge in [0.1, 0.15) is 9.84 Å². The second-order valence-corrected chi connectivity index (χ2v) is 16.1. The molecule has 0 amide bonds. The van der Waals surface area contributed by atoms with Crippen molar-refractivity contribution < 1.29 is 18.3 Å². The Balaban J connectivity index is 1.61. The quantitative estimate of drug-likeness (QED) is 0.462. The first kappa shape index (κ1) is 25.0. The molecular formula is C30H42O4S. The third-order valence-corrected chi connectivity index (χ3v) is 12.8. The predicted molar refractivity (Wildman–Crippen MR) is 141 cm³/mol. The molecule has 0 unspecified atom stereocenters. The van der Waals surface area contributed by atoms with Crippen molar-refractivity contribution in [3.63, 3.8) is 0 Å². The van der Waals surface area contributed by atoms with Gasteiger partial charge in [-0.05, 0) is 96.7 Å². The van der Waals surface area contributed by atoms with Crippen molar-refractivity contribution >= 4 is 15.6 Å². The smallest absolute Gasteiger partial charge is 0.220 e. The monoisotopic (exact) mass is 498 g/mol. The molecule has 5 aliphatic rings. The summed E-state index contributed by atoms with van der Waals surface area (Å²) in [5, 5.41) is 10.3. The Hall–Kier alpha value is -1.62. The van der Waals surface area contributed by atoms with Crippen molar-refractivity contribution in [3.05, 3.63) is 46.3 Å². The zero-order chi connectivity index (χ0) is 25.8. The fourth-order valence-corrected chi connectivity index (χ4v) is 10.8. The highest BCUT2D eigenvalue weighted by Gasteiger charge is 2.66. The van der Waals surface area contributed by atoms with Crippen molar-refractivity contribution in [1.82, 2.24) is 0 Å². The minimum absolute atomic E-state index is 0.0312. The lowest BCUT2D eigenvalue weighted by molar-refractivity contribution is -0.158. The Kier molecular flexibility index (Phi) is 5.18. The molecule has 1 N–H and O–H groups in total. The summed E-state index contributed by atoms with van der Waals surface area (Å²) in [6.07, 6.45) is 14.8. The highest BCUT2D eigenvalue weighted by Crippen LogP contribution is 2.75. The fourth-order valence-electron chi connectivity index (χ4n) is 9.29. The van der Waals surface area contributed by atoms with Gasteiger partial charge in [0.25, 0.3) is 0 Å². The van der Waals surface area contributed by atoms with E-state index in [4.69, 9.17) is 0 Å². The molecule has 35 heavy (non-hydrogen) atoms. The lowest BCUT2D eigenvalue weighted by Crippen LogP contribution is -2.62. The molecule has 3 fully saturated rings. The van der Waals surface area contributed by atoms with Gasteiger partial charge in [-0.15, -0.1) is 0 Å². The first-order valence-electron chi connectivity index (χ1n) is 13.3. The third kappa shape index (κ3) is 3.35. The van der Waals surface area contributed by atoms with E-state index in [-0.39, 0.29) is 44.4 Å². The highest BCUT2D eigenvalue weighted by molar-refractivity contribution is 7.90. The number of allylic oxidation sites excluding steroid dienone is 7. The van der Waals surface area contributed by atoms with Gasteiger partial charge in [0.05, 0.1) is 5.75 Å². The molecular weight excluding hydrogens is 456 g/mol. The SMILES string of the molecule is CC1=C(O)C(=O)C=C2C1=CC=C1[C@@]2(C)CC[C@@]2(C)[C@@H]3C[C@](C)(CS(C)(=O)=O)CC[C@]3(C)CC[C@]12C. The normalized spacial score (nSPS) is 45.4. The molecule has 0 spiro atoms. The van der Waals surface area contributed by atoms with Crippen LogP contribution in [0.15, 0.2) is 46.3 Å². The Morgan fingerprint density at radius 1 is 0.971 bits per heavy atom. The lowest BCUT2D eigenvalue weighted by Gasteiger charge is -2.70. The van der Waals surface area contributed by atoms with Gasteiger partial charge in [-0.2, -0.15) is 0 Å². The van der Waals surface area contributed by atoms with Crippen molar-refractivity contribution in [1.29, 1.82) is 0 Å². The van der Waals surface area contributed by atoms with Crippen LogP contribution in [0.1, 0.15) is 86.5 Å².